The lowest BCUT2D eigenvalue weighted by molar-refractivity contribution is 0.0698. The number of benzene rings is 1. The SMILES string of the molecule is COc1ccc(Nc2cc(C#N)nc(-n3ncc(C(=O)O)c3N)n2)c(OC)c1. The first-order valence-corrected chi connectivity index (χ1v) is 7.82. The summed E-state index contributed by atoms with van der Waals surface area (Å²) in [7, 11) is 3.04. The van der Waals surface area contributed by atoms with Gasteiger partial charge in [0.1, 0.15) is 40.5 Å². The average Bonchev–Trinajstić information content (AvgIpc) is 3.09. The first-order chi connectivity index (χ1) is 13.5. The topological polar surface area (TPSA) is 161 Å². The van der Waals surface area contributed by atoms with Crippen molar-refractivity contribution in [2.24, 2.45) is 0 Å². The highest BCUT2D eigenvalue weighted by atomic mass is 16.5. The molecule has 2 heterocycles. The van der Waals surface area contributed by atoms with Gasteiger partial charge in [-0.15, -0.1) is 0 Å². The normalized spacial score (nSPS) is 10.2. The predicted octanol–water partition coefficient (Wildman–Crippen LogP) is 1.58. The minimum absolute atomic E-state index is 0.0340. The van der Waals surface area contributed by atoms with Crippen molar-refractivity contribution in [1.29, 1.82) is 5.26 Å². The Balaban J connectivity index is 2.03. The Labute approximate surface area is 159 Å². The highest BCUT2D eigenvalue weighted by molar-refractivity contribution is 5.92. The molecule has 3 aromatic rings. The lowest BCUT2D eigenvalue weighted by atomic mass is 10.2. The maximum Gasteiger partial charge on any atom is 0.341 e. The van der Waals surface area contributed by atoms with Crippen molar-refractivity contribution in [3.05, 3.63) is 41.7 Å². The zero-order valence-corrected chi connectivity index (χ0v) is 14.9. The molecule has 0 saturated carbocycles. The molecule has 2 aromatic heterocycles. The standard InChI is InChI=1S/C17H15N7O4/c1-27-10-3-4-12(13(6-10)28-2)22-14-5-9(7-18)21-17(23-14)24-15(19)11(8-20-24)16(25)26/h3-6,8H,19H2,1-2H3,(H,25,26)(H,21,22,23). The largest absolute Gasteiger partial charge is 0.497 e. The van der Waals surface area contributed by atoms with Crippen LogP contribution in [0.1, 0.15) is 16.1 Å². The lowest BCUT2D eigenvalue weighted by Gasteiger charge is -2.13. The molecule has 0 aliphatic rings. The number of carboxylic acid groups (broad SMARTS) is 1. The molecule has 11 nitrogen and oxygen atoms in total. The van der Waals surface area contributed by atoms with Crippen LogP contribution in [0.5, 0.6) is 11.5 Å². The van der Waals surface area contributed by atoms with E-state index in [9.17, 15) is 10.1 Å². The molecule has 0 unspecified atom stereocenters. The number of aromatic nitrogens is 4. The Kier molecular flexibility index (Phi) is 4.95. The number of nitrogens with one attached hydrogen (secondary N) is 1. The molecule has 0 atom stereocenters. The molecule has 11 heteroatoms. The number of aromatic carboxylic acids is 1. The number of nitrogens with two attached hydrogens (primary N) is 1. The van der Waals surface area contributed by atoms with Crippen molar-refractivity contribution in [3.63, 3.8) is 0 Å². The van der Waals surface area contributed by atoms with Crippen molar-refractivity contribution in [1.82, 2.24) is 19.7 Å². The average molecular weight is 381 g/mol. The van der Waals surface area contributed by atoms with Gasteiger partial charge in [-0.2, -0.15) is 25.0 Å². The van der Waals surface area contributed by atoms with Crippen LogP contribution in [-0.2, 0) is 0 Å². The molecule has 0 radical (unpaired) electrons. The van der Waals surface area contributed by atoms with Gasteiger partial charge in [0.2, 0.25) is 0 Å². The predicted molar refractivity (Wildman–Crippen MR) is 98.1 cm³/mol. The van der Waals surface area contributed by atoms with Crippen LogP contribution in [0.15, 0.2) is 30.5 Å². The summed E-state index contributed by atoms with van der Waals surface area (Å²) in [5, 5.41) is 25.3. The summed E-state index contributed by atoms with van der Waals surface area (Å²) in [6.45, 7) is 0. The molecule has 0 bridgehead atoms. The van der Waals surface area contributed by atoms with Gasteiger partial charge in [-0.05, 0) is 12.1 Å². The van der Waals surface area contributed by atoms with Gasteiger partial charge in [-0.3, -0.25) is 0 Å². The zero-order valence-electron chi connectivity index (χ0n) is 14.9. The van der Waals surface area contributed by atoms with E-state index >= 15 is 0 Å². The van der Waals surface area contributed by atoms with Crippen LogP contribution in [0.2, 0.25) is 0 Å². The van der Waals surface area contributed by atoms with Crippen LogP contribution < -0.4 is 20.5 Å². The molecule has 0 fully saturated rings. The molecule has 1 aromatic carbocycles. The van der Waals surface area contributed by atoms with Gasteiger partial charge < -0.3 is 25.6 Å². The number of nitrogens with zero attached hydrogens (tertiary/aromatic N) is 5. The molecule has 0 aliphatic heterocycles. The zero-order chi connectivity index (χ0) is 20.3. The number of methoxy groups -OCH3 is 2. The van der Waals surface area contributed by atoms with Crippen LogP contribution in [0.25, 0.3) is 5.95 Å². The lowest BCUT2D eigenvalue weighted by Crippen LogP contribution is -2.11. The van der Waals surface area contributed by atoms with E-state index in [1.165, 1.54) is 20.3 Å². The molecular formula is C17H15N7O4. The number of hydrogen-bond acceptors (Lipinski definition) is 9. The van der Waals surface area contributed by atoms with Crippen molar-refractivity contribution in [3.8, 4) is 23.5 Å². The molecule has 0 amide bonds. The number of ether oxygens (including phenoxy) is 2. The van der Waals surface area contributed by atoms with E-state index in [1.807, 2.05) is 6.07 Å². The van der Waals surface area contributed by atoms with Gasteiger partial charge in [0.05, 0.1) is 26.1 Å². The van der Waals surface area contributed by atoms with Gasteiger partial charge >= 0.3 is 5.97 Å². The first kappa shape index (κ1) is 18.5. The van der Waals surface area contributed by atoms with E-state index in [1.54, 1.807) is 18.2 Å². The van der Waals surface area contributed by atoms with E-state index in [4.69, 9.17) is 20.3 Å². The summed E-state index contributed by atoms with van der Waals surface area (Å²) < 4.78 is 11.5. The number of rotatable bonds is 6. The van der Waals surface area contributed by atoms with E-state index in [0.717, 1.165) is 10.9 Å². The molecule has 0 aliphatic carbocycles. The second kappa shape index (κ2) is 7.50. The van der Waals surface area contributed by atoms with Gasteiger partial charge in [0, 0.05) is 12.1 Å². The number of anilines is 3. The quantitative estimate of drug-likeness (QED) is 0.571. The van der Waals surface area contributed by atoms with E-state index in [2.05, 4.69) is 20.4 Å². The number of hydrogen-bond donors (Lipinski definition) is 3. The Morgan fingerprint density at radius 2 is 2.07 bits per heavy atom. The van der Waals surface area contributed by atoms with Crippen LogP contribution in [0, 0.1) is 11.3 Å². The second-order valence-corrected chi connectivity index (χ2v) is 5.40. The Morgan fingerprint density at radius 1 is 1.29 bits per heavy atom. The van der Waals surface area contributed by atoms with Crippen LogP contribution >= 0.6 is 0 Å². The number of carbonyl (C=O) groups is 1. The summed E-state index contributed by atoms with van der Waals surface area (Å²) in [6.07, 6.45) is 1.08. The molecule has 28 heavy (non-hydrogen) atoms. The maximum absolute atomic E-state index is 11.2. The maximum atomic E-state index is 11.2. The molecule has 4 N–H and O–H groups in total. The summed E-state index contributed by atoms with van der Waals surface area (Å²) >= 11 is 0. The monoisotopic (exact) mass is 381 g/mol. The van der Waals surface area contributed by atoms with Crippen LogP contribution in [0.4, 0.5) is 17.3 Å². The van der Waals surface area contributed by atoms with Crippen LogP contribution in [0.3, 0.4) is 0 Å². The molecule has 142 valence electrons. The molecule has 0 saturated heterocycles. The van der Waals surface area contributed by atoms with Crippen molar-refractivity contribution < 1.29 is 19.4 Å². The Hall–Kier alpha value is -4.33. The second-order valence-electron chi connectivity index (χ2n) is 5.40. The first-order valence-electron chi connectivity index (χ1n) is 7.82. The van der Waals surface area contributed by atoms with Gasteiger partial charge in [-0.25, -0.2) is 4.79 Å². The van der Waals surface area contributed by atoms with Crippen molar-refractivity contribution in [2.45, 2.75) is 0 Å². The number of carboxylic acids is 1. The van der Waals surface area contributed by atoms with Gasteiger partial charge in [0.25, 0.3) is 5.95 Å². The highest BCUT2D eigenvalue weighted by Crippen LogP contribution is 2.31. The third kappa shape index (κ3) is 3.47. The van der Waals surface area contributed by atoms with Crippen molar-refractivity contribution >= 4 is 23.3 Å². The molecule has 3 rings (SSSR count). The number of nitrogen functional groups attached to an aromatic ring is 1. The fourth-order valence-electron chi connectivity index (χ4n) is 2.37. The third-order valence-corrected chi connectivity index (χ3v) is 3.73. The molecular weight excluding hydrogens is 366 g/mol. The summed E-state index contributed by atoms with van der Waals surface area (Å²) in [6, 6.07) is 8.46. The van der Waals surface area contributed by atoms with E-state index in [-0.39, 0.29) is 28.8 Å². The third-order valence-electron chi connectivity index (χ3n) is 3.73. The smallest absolute Gasteiger partial charge is 0.341 e. The van der Waals surface area contributed by atoms with E-state index in [0.29, 0.717) is 17.2 Å². The summed E-state index contributed by atoms with van der Waals surface area (Å²) in [5.74, 6) is -0.0910. The van der Waals surface area contributed by atoms with Crippen LogP contribution in [-0.4, -0.2) is 45.0 Å². The minimum atomic E-state index is -1.23. The Bertz CT molecular complexity index is 1090. The van der Waals surface area contributed by atoms with Gasteiger partial charge in [-0.1, -0.05) is 0 Å². The fourth-order valence-corrected chi connectivity index (χ4v) is 2.37. The summed E-state index contributed by atoms with van der Waals surface area (Å²) in [4.78, 5) is 19.5. The van der Waals surface area contributed by atoms with Crippen molar-refractivity contribution in [2.75, 3.05) is 25.3 Å². The minimum Gasteiger partial charge on any atom is -0.497 e. The highest BCUT2D eigenvalue weighted by Gasteiger charge is 2.18. The fraction of sp³-hybridized carbons (Fsp3) is 0.118. The Morgan fingerprint density at radius 3 is 2.68 bits per heavy atom. The molecule has 0 spiro atoms. The van der Waals surface area contributed by atoms with E-state index < -0.39 is 5.97 Å². The van der Waals surface area contributed by atoms with Gasteiger partial charge in [0.15, 0.2) is 0 Å². The number of nitriles is 1. The summed E-state index contributed by atoms with van der Waals surface area (Å²) in [5.41, 5.74) is 6.21.